The van der Waals surface area contributed by atoms with Crippen molar-refractivity contribution in [1.82, 2.24) is 19.6 Å². The minimum absolute atomic E-state index is 0.681. The molecule has 0 atom stereocenters. The van der Waals surface area contributed by atoms with Crippen LogP contribution in [-0.4, -0.2) is 99.6 Å². The number of rotatable bonds is 1. The smallest absolute Gasteiger partial charge is 0.00844 e. The summed E-state index contributed by atoms with van der Waals surface area (Å²) in [5.41, 5.74) is 1.40. The van der Waals surface area contributed by atoms with Gasteiger partial charge in [0.2, 0.25) is 0 Å². The van der Waals surface area contributed by atoms with Crippen LogP contribution >= 0.6 is 0 Å². The number of hydrogen-bond acceptors (Lipinski definition) is 4. The van der Waals surface area contributed by atoms with Crippen molar-refractivity contribution in [2.45, 2.75) is 59.3 Å². The second-order valence-corrected chi connectivity index (χ2v) is 9.83. The lowest BCUT2D eigenvalue weighted by atomic mass is 9.74. The zero-order valence-electron chi connectivity index (χ0n) is 19.4. The third-order valence-corrected chi connectivity index (χ3v) is 7.15. The molecular formula is C23H48N4. The molecule has 4 heteroatoms. The van der Waals surface area contributed by atoms with E-state index in [0.717, 1.165) is 5.41 Å². The van der Waals surface area contributed by atoms with Crippen molar-refractivity contribution in [1.29, 1.82) is 0 Å². The number of likely N-dealkylation sites (tertiary alicyclic amines) is 4. The Morgan fingerprint density at radius 1 is 0.593 bits per heavy atom. The van der Waals surface area contributed by atoms with E-state index >= 15 is 0 Å². The zero-order chi connectivity index (χ0) is 19.9. The molecule has 0 N–H and O–H groups in total. The van der Waals surface area contributed by atoms with Crippen LogP contribution < -0.4 is 0 Å². The molecule has 0 aromatic rings. The van der Waals surface area contributed by atoms with Crippen LogP contribution in [0.4, 0.5) is 0 Å². The van der Waals surface area contributed by atoms with Crippen LogP contribution in [0.3, 0.4) is 0 Å². The first kappa shape index (κ1) is 23.1. The molecule has 4 heterocycles. The molecule has 0 aromatic heterocycles. The van der Waals surface area contributed by atoms with Gasteiger partial charge in [-0.15, -0.1) is 0 Å². The molecule has 27 heavy (non-hydrogen) atoms. The summed E-state index contributed by atoms with van der Waals surface area (Å²) in [5, 5.41) is 0. The summed E-state index contributed by atoms with van der Waals surface area (Å²) >= 11 is 0. The molecular weight excluding hydrogens is 332 g/mol. The maximum atomic E-state index is 2.57. The second kappa shape index (κ2) is 10.6. The van der Waals surface area contributed by atoms with Gasteiger partial charge in [0.15, 0.2) is 0 Å². The molecule has 0 unspecified atom stereocenters. The molecule has 4 aliphatic rings. The Hall–Kier alpha value is -0.160. The molecule has 4 saturated heterocycles. The molecule has 4 nitrogen and oxygen atoms in total. The van der Waals surface area contributed by atoms with Gasteiger partial charge in [0, 0.05) is 38.1 Å². The molecule has 0 aromatic carbocycles. The highest BCUT2D eigenvalue weighted by Gasteiger charge is 2.42. The minimum atomic E-state index is 0.681. The number of hydrogen-bond donors (Lipinski definition) is 0. The average Bonchev–Trinajstić information content (AvgIpc) is 2.91. The molecule has 160 valence electrons. The van der Waals surface area contributed by atoms with E-state index in [1.54, 1.807) is 0 Å². The topological polar surface area (TPSA) is 13.0 Å². The zero-order valence-corrected chi connectivity index (χ0v) is 19.4. The van der Waals surface area contributed by atoms with Gasteiger partial charge < -0.3 is 19.6 Å². The normalized spacial score (nSPS) is 28.7. The molecule has 0 aliphatic carbocycles. The molecule has 0 bridgehead atoms. The minimum Gasteiger partial charge on any atom is -0.306 e. The van der Waals surface area contributed by atoms with Crippen LogP contribution in [0.15, 0.2) is 0 Å². The van der Waals surface area contributed by atoms with Crippen molar-refractivity contribution >= 4 is 0 Å². The summed E-state index contributed by atoms with van der Waals surface area (Å²) in [4.78, 5) is 10.0. The highest BCUT2D eigenvalue weighted by Crippen LogP contribution is 2.40. The molecule has 0 amide bonds. The first-order valence-electron chi connectivity index (χ1n) is 11.7. The highest BCUT2D eigenvalue weighted by atomic mass is 15.2. The maximum absolute atomic E-state index is 2.57. The van der Waals surface area contributed by atoms with Crippen LogP contribution in [0.2, 0.25) is 0 Å². The van der Waals surface area contributed by atoms with Crippen LogP contribution in [0, 0.1) is 10.8 Å². The third kappa shape index (κ3) is 6.42. The SMILES string of the molecule is CC.CCN1CC2(CCCN(C)CC2)C1.CN1CCCCC2(C1)CN(C)C2. The van der Waals surface area contributed by atoms with E-state index in [2.05, 4.69) is 47.7 Å². The fraction of sp³-hybridized carbons (Fsp3) is 1.00. The van der Waals surface area contributed by atoms with Gasteiger partial charge in [-0.1, -0.05) is 27.2 Å². The molecule has 0 saturated carbocycles. The van der Waals surface area contributed by atoms with E-state index in [-0.39, 0.29) is 0 Å². The summed E-state index contributed by atoms with van der Waals surface area (Å²) in [6.07, 6.45) is 8.61. The van der Waals surface area contributed by atoms with Gasteiger partial charge >= 0.3 is 0 Å². The van der Waals surface area contributed by atoms with Gasteiger partial charge in [0.25, 0.3) is 0 Å². The van der Waals surface area contributed by atoms with E-state index in [9.17, 15) is 0 Å². The van der Waals surface area contributed by atoms with Gasteiger partial charge in [0.1, 0.15) is 0 Å². The summed E-state index contributed by atoms with van der Waals surface area (Å²) in [6, 6.07) is 0. The van der Waals surface area contributed by atoms with Gasteiger partial charge in [-0.2, -0.15) is 0 Å². The van der Waals surface area contributed by atoms with Crippen LogP contribution in [0.25, 0.3) is 0 Å². The lowest BCUT2D eigenvalue weighted by molar-refractivity contribution is -0.00651. The lowest BCUT2D eigenvalue weighted by Crippen LogP contribution is -2.58. The average molecular weight is 381 g/mol. The van der Waals surface area contributed by atoms with Crippen LogP contribution in [0.5, 0.6) is 0 Å². The molecule has 0 radical (unpaired) electrons. The monoisotopic (exact) mass is 380 g/mol. The Labute approximate surface area is 170 Å². The molecule has 4 fully saturated rings. The maximum Gasteiger partial charge on any atom is 0.00844 e. The predicted molar refractivity (Wildman–Crippen MR) is 119 cm³/mol. The van der Waals surface area contributed by atoms with Crippen molar-refractivity contribution in [3.05, 3.63) is 0 Å². The first-order chi connectivity index (χ1) is 12.9. The summed E-state index contributed by atoms with van der Waals surface area (Å²) in [7, 11) is 6.76. The summed E-state index contributed by atoms with van der Waals surface area (Å²) in [6.45, 7) is 18.2. The first-order valence-corrected chi connectivity index (χ1v) is 11.7. The van der Waals surface area contributed by atoms with E-state index in [4.69, 9.17) is 0 Å². The quantitative estimate of drug-likeness (QED) is 0.690. The lowest BCUT2D eigenvalue weighted by Gasteiger charge is -2.50. The molecule has 4 rings (SSSR count). The fourth-order valence-corrected chi connectivity index (χ4v) is 5.80. The van der Waals surface area contributed by atoms with Gasteiger partial charge in [-0.25, -0.2) is 0 Å². The number of nitrogens with zero attached hydrogens (tertiary/aromatic N) is 4. The van der Waals surface area contributed by atoms with E-state index in [1.165, 1.54) is 97.4 Å². The van der Waals surface area contributed by atoms with E-state index < -0.39 is 0 Å². The van der Waals surface area contributed by atoms with Crippen LogP contribution in [-0.2, 0) is 0 Å². The third-order valence-electron chi connectivity index (χ3n) is 7.15. The second-order valence-electron chi connectivity index (χ2n) is 9.83. The highest BCUT2D eigenvalue weighted by molar-refractivity contribution is 4.97. The van der Waals surface area contributed by atoms with Gasteiger partial charge in [0.05, 0.1) is 0 Å². The van der Waals surface area contributed by atoms with Crippen LogP contribution in [0.1, 0.15) is 59.3 Å². The Bertz CT molecular complexity index is 407. The Morgan fingerprint density at radius 3 is 1.81 bits per heavy atom. The standard InChI is InChI=1S/C11H22N2.C10H20N2.C2H6/c1-3-13-9-11(10-13)5-4-7-12(2)8-6-11;1-11-6-4-3-5-10(7-11)8-12(2)9-10;1-2/h3-10H2,1-2H3;3-9H2,1-2H3;1-2H3. The van der Waals surface area contributed by atoms with Crippen molar-refractivity contribution in [3.8, 4) is 0 Å². The van der Waals surface area contributed by atoms with Gasteiger partial charge in [-0.05, 0) is 84.8 Å². The molecule has 4 aliphatic heterocycles. The fourth-order valence-electron chi connectivity index (χ4n) is 5.80. The van der Waals surface area contributed by atoms with Crippen molar-refractivity contribution in [2.24, 2.45) is 10.8 Å². The molecule has 2 spiro atoms. The van der Waals surface area contributed by atoms with E-state index in [0.29, 0.717) is 5.41 Å². The Morgan fingerprint density at radius 2 is 1.19 bits per heavy atom. The summed E-state index contributed by atoms with van der Waals surface area (Å²) in [5.74, 6) is 0. The largest absolute Gasteiger partial charge is 0.306 e. The van der Waals surface area contributed by atoms with Crippen molar-refractivity contribution in [3.63, 3.8) is 0 Å². The predicted octanol–water partition coefficient (Wildman–Crippen LogP) is 3.48. The Balaban J connectivity index is 0.000000178. The summed E-state index contributed by atoms with van der Waals surface area (Å²) < 4.78 is 0. The van der Waals surface area contributed by atoms with E-state index in [1.807, 2.05) is 13.8 Å². The van der Waals surface area contributed by atoms with Crippen molar-refractivity contribution in [2.75, 3.05) is 80.0 Å². The van der Waals surface area contributed by atoms with Gasteiger partial charge in [-0.3, -0.25) is 0 Å². The van der Waals surface area contributed by atoms with Crippen molar-refractivity contribution < 1.29 is 0 Å². The Kier molecular flexibility index (Phi) is 9.05.